The van der Waals surface area contributed by atoms with E-state index in [2.05, 4.69) is 5.32 Å². The lowest BCUT2D eigenvalue weighted by molar-refractivity contribution is 0.151. The number of aryl methyl sites for hydroxylation is 1. The molecule has 2 amide bonds. The number of rotatable bonds is 5. The number of carbonyl (C=O) groups excluding carboxylic acids is 1. The molecule has 1 saturated heterocycles. The summed E-state index contributed by atoms with van der Waals surface area (Å²) in [6.45, 7) is 5.13. The van der Waals surface area contributed by atoms with Crippen molar-refractivity contribution in [3.63, 3.8) is 0 Å². The second kappa shape index (κ2) is 7.31. The Hall–Kier alpha value is -1.75. The lowest BCUT2D eigenvalue weighted by Gasteiger charge is -2.24. The molecule has 2 rings (SSSR count). The molecule has 1 unspecified atom stereocenters. The van der Waals surface area contributed by atoms with Crippen LogP contribution in [0.4, 0.5) is 4.79 Å². The molecule has 0 saturated carbocycles. The van der Waals surface area contributed by atoms with Gasteiger partial charge >= 0.3 is 6.03 Å². The van der Waals surface area contributed by atoms with E-state index in [0.717, 1.165) is 24.2 Å². The van der Waals surface area contributed by atoms with Gasteiger partial charge in [-0.05, 0) is 44.4 Å². The van der Waals surface area contributed by atoms with E-state index in [4.69, 9.17) is 4.74 Å². The fraction of sp³-hybridized carbons (Fsp3) is 0.562. The predicted octanol–water partition coefficient (Wildman–Crippen LogP) is 1.93. The van der Waals surface area contributed by atoms with E-state index in [-0.39, 0.29) is 24.8 Å². The number of benzene rings is 1. The maximum Gasteiger partial charge on any atom is 0.317 e. The molecule has 1 fully saturated rings. The first-order valence-corrected chi connectivity index (χ1v) is 7.49. The van der Waals surface area contributed by atoms with Crippen LogP contribution in [0.1, 0.15) is 25.3 Å². The average Bonchev–Trinajstić information content (AvgIpc) is 2.93. The van der Waals surface area contributed by atoms with Crippen molar-refractivity contribution in [2.45, 2.75) is 38.8 Å². The van der Waals surface area contributed by atoms with Crippen molar-refractivity contribution >= 4 is 6.03 Å². The molecule has 5 nitrogen and oxygen atoms in total. The molecule has 0 bridgehead atoms. The zero-order chi connectivity index (χ0) is 15.2. The van der Waals surface area contributed by atoms with E-state index in [1.165, 1.54) is 0 Å². The van der Waals surface area contributed by atoms with Crippen molar-refractivity contribution in [1.82, 2.24) is 10.2 Å². The van der Waals surface area contributed by atoms with Crippen LogP contribution >= 0.6 is 0 Å². The van der Waals surface area contributed by atoms with Crippen molar-refractivity contribution in [3.05, 3.63) is 29.8 Å². The summed E-state index contributed by atoms with van der Waals surface area (Å²) in [5.74, 6) is 0.811. The minimum atomic E-state index is -0.119. The standard InChI is InChI=1S/C16H24N2O3/c1-12-5-3-7-15(9-12)21-13(2)10-17-16(20)18-8-4-6-14(18)11-19/h3,5,7,9,13-14,19H,4,6,8,10-11H2,1-2H3,(H,17,20)/t13?,14-/m0/s1. The third-order valence-electron chi connectivity index (χ3n) is 3.72. The van der Waals surface area contributed by atoms with Gasteiger partial charge in [0.25, 0.3) is 0 Å². The molecule has 2 N–H and O–H groups in total. The number of likely N-dealkylation sites (tertiary alicyclic amines) is 1. The molecule has 5 heteroatoms. The maximum atomic E-state index is 12.1. The smallest absolute Gasteiger partial charge is 0.317 e. The zero-order valence-corrected chi connectivity index (χ0v) is 12.7. The summed E-state index contributed by atoms with van der Waals surface area (Å²) in [6, 6.07) is 7.69. The number of hydrogen-bond donors (Lipinski definition) is 2. The van der Waals surface area contributed by atoms with Crippen molar-refractivity contribution in [2.75, 3.05) is 19.7 Å². The Morgan fingerprint density at radius 3 is 3.10 bits per heavy atom. The fourth-order valence-corrected chi connectivity index (χ4v) is 2.59. The Kier molecular flexibility index (Phi) is 5.44. The molecule has 0 spiro atoms. The minimum absolute atomic E-state index is 0.0305. The van der Waals surface area contributed by atoms with Crippen molar-refractivity contribution in [3.8, 4) is 5.75 Å². The third kappa shape index (κ3) is 4.36. The monoisotopic (exact) mass is 292 g/mol. The van der Waals surface area contributed by atoms with E-state index in [1.54, 1.807) is 4.90 Å². The molecule has 1 aliphatic heterocycles. The van der Waals surface area contributed by atoms with Crippen LogP contribution in [0.2, 0.25) is 0 Å². The molecule has 116 valence electrons. The maximum absolute atomic E-state index is 12.1. The normalized spacial score (nSPS) is 19.4. The Morgan fingerprint density at radius 1 is 1.57 bits per heavy atom. The molecule has 0 aliphatic carbocycles. The van der Waals surface area contributed by atoms with Crippen molar-refractivity contribution in [1.29, 1.82) is 0 Å². The predicted molar refractivity (Wildman–Crippen MR) is 81.5 cm³/mol. The number of urea groups is 1. The number of amides is 2. The van der Waals surface area contributed by atoms with Crippen LogP contribution in [0.5, 0.6) is 5.75 Å². The highest BCUT2D eigenvalue weighted by molar-refractivity contribution is 5.74. The number of aliphatic hydroxyl groups is 1. The van der Waals surface area contributed by atoms with Gasteiger partial charge in [0.15, 0.2) is 0 Å². The van der Waals surface area contributed by atoms with Gasteiger partial charge in [0.1, 0.15) is 11.9 Å². The van der Waals surface area contributed by atoms with Crippen LogP contribution in [-0.2, 0) is 0 Å². The molecule has 1 heterocycles. The molecular formula is C16H24N2O3. The number of carbonyl (C=O) groups is 1. The summed E-state index contributed by atoms with van der Waals surface area (Å²) in [5, 5.41) is 12.1. The van der Waals surface area contributed by atoms with E-state index < -0.39 is 0 Å². The first-order valence-electron chi connectivity index (χ1n) is 7.49. The molecule has 1 aromatic carbocycles. The highest BCUT2D eigenvalue weighted by atomic mass is 16.5. The molecule has 1 aromatic rings. The van der Waals surface area contributed by atoms with Crippen LogP contribution < -0.4 is 10.1 Å². The van der Waals surface area contributed by atoms with Gasteiger partial charge in [-0.2, -0.15) is 0 Å². The third-order valence-corrected chi connectivity index (χ3v) is 3.72. The number of hydrogen-bond acceptors (Lipinski definition) is 3. The molecule has 0 aromatic heterocycles. The van der Waals surface area contributed by atoms with Crippen LogP contribution in [0, 0.1) is 6.92 Å². The molecule has 2 atom stereocenters. The van der Waals surface area contributed by atoms with Gasteiger partial charge in [-0.3, -0.25) is 0 Å². The summed E-state index contributed by atoms with van der Waals surface area (Å²) in [7, 11) is 0. The fourth-order valence-electron chi connectivity index (χ4n) is 2.59. The number of ether oxygens (including phenoxy) is 1. The first-order chi connectivity index (χ1) is 10.1. The van der Waals surface area contributed by atoms with Gasteiger partial charge in [0, 0.05) is 6.54 Å². The van der Waals surface area contributed by atoms with Gasteiger partial charge < -0.3 is 20.1 Å². The zero-order valence-electron chi connectivity index (χ0n) is 12.7. The number of nitrogens with zero attached hydrogens (tertiary/aromatic N) is 1. The summed E-state index contributed by atoms with van der Waals surface area (Å²) in [4.78, 5) is 13.8. The summed E-state index contributed by atoms with van der Waals surface area (Å²) in [6.07, 6.45) is 1.72. The van der Waals surface area contributed by atoms with Gasteiger partial charge in [0.05, 0.1) is 19.2 Å². The Labute approximate surface area is 125 Å². The van der Waals surface area contributed by atoms with Gasteiger partial charge in [0.2, 0.25) is 0 Å². The second-order valence-corrected chi connectivity index (χ2v) is 5.60. The average molecular weight is 292 g/mol. The summed E-state index contributed by atoms with van der Waals surface area (Å²) in [5.41, 5.74) is 1.14. The lowest BCUT2D eigenvalue weighted by Crippen LogP contribution is -2.46. The Morgan fingerprint density at radius 2 is 2.38 bits per heavy atom. The van der Waals surface area contributed by atoms with Crippen molar-refractivity contribution < 1.29 is 14.6 Å². The van der Waals surface area contributed by atoms with E-state index in [0.29, 0.717) is 13.1 Å². The van der Waals surface area contributed by atoms with Crippen LogP contribution in [0.3, 0.4) is 0 Å². The molecule has 1 aliphatic rings. The molecular weight excluding hydrogens is 268 g/mol. The van der Waals surface area contributed by atoms with E-state index in [1.807, 2.05) is 38.1 Å². The van der Waals surface area contributed by atoms with Gasteiger partial charge in [-0.25, -0.2) is 4.79 Å². The molecule has 21 heavy (non-hydrogen) atoms. The van der Waals surface area contributed by atoms with E-state index in [9.17, 15) is 9.90 Å². The summed E-state index contributed by atoms with van der Waals surface area (Å²) >= 11 is 0. The van der Waals surface area contributed by atoms with E-state index >= 15 is 0 Å². The Bertz CT molecular complexity index is 478. The van der Waals surface area contributed by atoms with Crippen LogP contribution in [-0.4, -0.2) is 47.9 Å². The second-order valence-electron chi connectivity index (χ2n) is 5.60. The highest BCUT2D eigenvalue weighted by Gasteiger charge is 2.27. The topological polar surface area (TPSA) is 61.8 Å². The quantitative estimate of drug-likeness (QED) is 0.871. The number of aliphatic hydroxyl groups excluding tert-OH is 1. The van der Waals surface area contributed by atoms with Crippen molar-refractivity contribution in [2.24, 2.45) is 0 Å². The highest BCUT2D eigenvalue weighted by Crippen LogP contribution is 2.17. The molecule has 0 radical (unpaired) electrons. The SMILES string of the molecule is Cc1cccc(OC(C)CNC(=O)N2CCC[C@H]2CO)c1. The number of nitrogens with one attached hydrogen (secondary N) is 1. The van der Waals surface area contributed by atoms with Gasteiger partial charge in [-0.1, -0.05) is 12.1 Å². The lowest BCUT2D eigenvalue weighted by atomic mass is 10.2. The van der Waals surface area contributed by atoms with Crippen LogP contribution in [0.15, 0.2) is 24.3 Å². The minimum Gasteiger partial charge on any atom is -0.489 e. The largest absolute Gasteiger partial charge is 0.489 e. The summed E-state index contributed by atoms with van der Waals surface area (Å²) < 4.78 is 5.78. The van der Waals surface area contributed by atoms with Crippen LogP contribution in [0.25, 0.3) is 0 Å². The first kappa shape index (κ1) is 15.6. The Balaban J connectivity index is 1.78. The van der Waals surface area contributed by atoms with Gasteiger partial charge in [-0.15, -0.1) is 0 Å².